The first-order valence-corrected chi connectivity index (χ1v) is 4.49. The van der Waals surface area contributed by atoms with Gasteiger partial charge in [-0.1, -0.05) is 13.0 Å². The van der Waals surface area contributed by atoms with Gasteiger partial charge in [-0.25, -0.2) is 0 Å². The molecule has 0 amide bonds. The highest BCUT2D eigenvalue weighted by Gasteiger charge is 2.13. The first-order valence-electron chi connectivity index (χ1n) is 4.49. The molecule has 1 heterocycles. The van der Waals surface area contributed by atoms with Crippen LogP contribution in [-0.2, 0) is 6.42 Å². The summed E-state index contributed by atoms with van der Waals surface area (Å²) in [5.41, 5.74) is 1.91. The Morgan fingerprint density at radius 2 is 2.08 bits per heavy atom. The standard InChI is InChI=1S/C10H15NO2/c1-2-8-4-3-5-11-10(8)9(6-12)7-13/h3-5,9,12-13H,2,6-7H2,1H3. The molecule has 1 aromatic heterocycles. The van der Waals surface area contributed by atoms with Crippen LogP contribution < -0.4 is 0 Å². The first kappa shape index (κ1) is 10.2. The maximum atomic E-state index is 9.00. The van der Waals surface area contributed by atoms with Gasteiger partial charge < -0.3 is 10.2 Å². The van der Waals surface area contributed by atoms with Gasteiger partial charge in [0.25, 0.3) is 0 Å². The van der Waals surface area contributed by atoms with Gasteiger partial charge in [-0.2, -0.15) is 0 Å². The second-order valence-corrected chi connectivity index (χ2v) is 2.96. The average molecular weight is 181 g/mol. The van der Waals surface area contributed by atoms with Crippen LogP contribution in [0.3, 0.4) is 0 Å². The first-order chi connectivity index (χ1) is 6.33. The predicted molar refractivity (Wildman–Crippen MR) is 50.5 cm³/mol. The van der Waals surface area contributed by atoms with Gasteiger partial charge in [0.05, 0.1) is 18.9 Å². The summed E-state index contributed by atoms with van der Waals surface area (Å²) in [6, 6.07) is 3.84. The van der Waals surface area contributed by atoms with Crippen LogP contribution in [0.25, 0.3) is 0 Å². The summed E-state index contributed by atoms with van der Waals surface area (Å²) in [7, 11) is 0. The maximum Gasteiger partial charge on any atom is 0.0537 e. The van der Waals surface area contributed by atoms with Crippen LogP contribution in [0, 0.1) is 0 Å². The van der Waals surface area contributed by atoms with Crippen molar-refractivity contribution in [2.24, 2.45) is 0 Å². The molecule has 2 N–H and O–H groups in total. The molecule has 0 saturated heterocycles. The van der Waals surface area contributed by atoms with Crippen LogP contribution in [0.15, 0.2) is 18.3 Å². The molecular weight excluding hydrogens is 166 g/mol. The fourth-order valence-electron chi connectivity index (χ4n) is 1.35. The molecule has 1 rings (SSSR count). The lowest BCUT2D eigenvalue weighted by Crippen LogP contribution is -2.12. The number of aliphatic hydroxyl groups is 2. The van der Waals surface area contributed by atoms with E-state index in [2.05, 4.69) is 4.98 Å². The van der Waals surface area contributed by atoms with E-state index in [0.717, 1.165) is 17.7 Å². The second kappa shape index (κ2) is 4.94. The summed E-state index contributed by atoms with van der Waals surface area (Å²) in [5.74, 6) is -0.240. The molecule has 3 nitrogen and oxygen atoms in total. The van der Waals surface area contributed by atoms with E-state index in [0.29, 0.717) is 0 Å². The Kier molecular flexibility index (Phi) is 3.86. The van der Waals surface area contributed by atoms with Gasteiger partial charge in [0.2, 0.25) is 0 Å². The van der Waals surface area contributed by atoms with Gasteiger partial charge in [-0.3, -0.25) is 4.98 Å². The third kappa shape index (κ3) is 2.26. The Balaban J connectivity index is 2.96. The molecule has 0 unspecified atom stereocenters. The van der Waals surface area contributed by atoms with Crippen molar-refractivity contribution in [3.8, 4) is 0 Å². The average Bonchev–Trinajstić information content (AvgIpc) is 2.20. The zero-order chi connectivity index (χ0) is 9.68. The summed E-state index contributed by atoms with van der Waals surface area (Å²) in [5, 5.41) is 18.0. The van der Waals surface area contributed by atoms with Crippen LogP contribution in [0.1, 0.15) is 24.1 Å². The van der Waals surface area contributed by atoms with Crippen molar-refractivity contribution in [2.75, 3.05) is 13.2 Å². The zero-order valence-electron chi connectivity index (χ0n) is 7.77. The minimum atomic E-state index is -0.240. The topological polar surface area (TPSA) is 53.4 Å². The van der Waals surface area contributed by atoms with E-state index in [9.17, 15) is 0 Å². The molecule has 0 spiro atoms. The largest absolute Gasteiger partial charge is 0.396 e. The van der Waals surface area contributed by atoms with Gasteiger partial charge >= 0.3 is 0 Å². The van der Waals surface area contributed by atoms with Crippen molar-refractivity contribution in [1.82, 2.24) is 4.98 Å². The van der Waals surface area contributed by atoms with Crippen LogP contribution >= 0.6 is 0 Å². The Morgan fingerprint density at radius 1 is 1.38 bits per heavy atom. The molecule has 3 heteroatoms. The number of rotatable bonds is 4. The maximum absolute atomic E-state index is 9.00. The molecule has 0 aliphatic carbocycles. The number of hydrogen-bond acceptors (Lipinski definition) is 3. The van der Waals surface area contributed by atoms with Gasteiger partial charge in [0, 0.05) is 12.1 Å². The molecular formula is C10H15NO2. The normalized spacial score (nSPS) is 10.8. The molecule has 0 aromatic carbocycles. The molecule has 13 heavy (non-hydrogen) atoms. The highest BCUT2D eigenvalue weighted by Crippen LogP contribution is 2.16. The van der Waals surface area contributed by atoms with Gasteiger partial charge in [-0.05, 0) is 18.1 Å². The summed E-state index contributed by atoms with van der Waals surface area (Å²) in [4.78, 5) is 4.17. The number of aryl methyl sites for hydroxylation is 1. The highest BCUT2D eigenvalue weighted by molar-refractivity contribution is 5.23. The number of pyridine rings is 1. The van der Waals surface area contributed by atoms with Crippen molar-refractivity contribution in [3.63, 3.8) is 0 Å². The van der Waals surface area contributed by atoms with E-state index >= 15 is 0 Å². The van der Waals surface area contributed by atoms with Crippen molar-refractivity contribution < 1.29 is 10.2 Å². The van der Waals surface area contributed by atoms with E-state index in [4.69, 9.17) is 10.2 Å². The zero-order valence-corrected chi connectivity index (χ0v) is 7.77. The molecule has 0 atom stereocenters. The molecule has 0 bridgehead atoms. The number of aromatic nitrogens is 1. The van der Waals surface area contributed by atoms with Crippen LogP contribution in [0.2, 0.25) is 0 Å². The Labute approximate surface area is 78.1 Å². The molecule has 0 aliphatic heterocycles. The van der Waals surface area contributed by atoms with Gasteiger partial charge in [0.1, 0.15) is 0 Å². The van der Waals surface area contributed by atoms with E-state index in [1.165, 1.54) is 0 Å². The van der Waals surface area contributed by atoms with Crippen molar-refractivity contribution in [3.05, 3.63) is 29.6 Å². The van der Waals surface area contributed by atoms with E-state index in [-0.39, 0.29) is 19.1 Å². The second-order valence-electron chi connectivity index (χ2n) is 2.96. The van der Waals surface area contributed by atoms with Crippen LogP contribution in [-0.4, -0.2) is 28.4 Å². The van der Waals surface area contributed by atoms with Crippen molar-refractivity contribution in [1.29, 1.82) is 0 Å². The third-order valence-corrected chi connectivity index (χ3v) is 2.13. The Hall–Kier alpha value is -0.930. The Bertz CT molecular complexity index is 259. The fraction of sp³-hybridized carbons (Fsp3) is 0.500. The molecule has 0 radical (unpaired) electrons. The lowest BCUT2D eigenvalue weighted by molar-refractivity contribution is 0.190. The number of aliphatic hydroxyl groups excluding tert-OH is 2. The van der Waals surface area contributed by atoms with E-state index in [1.54, 1.807) is 6.20 Å². The highest BCUT2D eigenvalue weighted by atomic mass is 16.3. The summed E-state index contributed by atoms with van der Waals surface area (Å²) in [6.45, 7) is 1.92. The molecule has 0 fully saturated rings. The predicted octanol–water partition coefficient (Wildman–Crippen LogP) is 0.712. The molecule has 0 saturated carbocycles. The molecule has 1 aromatic rings. The number of nitrogens with zero attached hydrogens (tertiary/aromatic N) is 1. The summed E-state index contributed by atoms with van der Waals surface area (Å²) < 4.78 is 0. The van der Waals surface area contributed by atoms with E-state index in [1.807, 2.05) is 19.1 Å². The van der Waals surface area contributed by atoms with Crippen LogP contribution in [0.4, 0.5) is 0 Å². The summed E-state index contributed by atoms with van der Waals surface area (Å²) >= 11 is 0. The third-order valence-electron chi connectivity index (χ3n) is 2.13. The van der Waals surface area contributed by atoms with Gasteiger partial charge in [0.15, 0.2) is 0 Å². The van der Waals surface area contributed by atoms with Crippen molar-refractivity contribution >= 4 is 0 Å². The minimum absolute atomic E-state index is 0.0550. The minimum Gasteiger partial charge on any atom is -0.396 e. The smallest absolute Gasteiger partial charge is 0.0537 e. The number of hydrogen-bond donors (Lipinski definition) is 2. The lowest BCUT2D eigenvalue weighted by atomic mass is 10.0. The SMILES string of the molecule is CCc1cccnc1C(CO)CO. The quantitative estimate of drug-likeness (QED) is 0.719. The van der Waals surface area contributed by atoms with E-state index < -0.39 is 0 Å². The van der Waals surface area contributed by atoms with Crippen LogP contribution in [0.5, 0.6) is 0 Å². The lowest BCUT2D eigenvalue weighted by Gasteiger charge is -2.13. The molecule has 0 aliphatic rings. The fourth-order valence-corrected chi connectivity index (χ4v) is 1.35. The van der Waals surface area contributed by atoms with Gasteiger partial charge in [-0.15, -0.1) is 0 Å². The monoisotopic (exact) mass is 181 g/mol. The Morgan fingerprint density at radius 3 is 2.62 bits per heavy atom. The summed E-state index contributed by atoms with van der Waals surface area (Å²) in [6.07, 6.45) is 2.56. The molecule has 72 valence electrons. The van der Waals surface area contributed by atoms with Crippen molar-refractivity contribution in [2.45, 2.75) is 19.3 Å².